The van der Waals surface area contributed by atoms with Gasteiger partial charge in [0.15, 0.2) is 0 Å². The summed E-state index contributed by atoms with van der Waals surface area (Å²) in [5.74, 6) is 0. The Morgan fingerprint density at radius 1 is 0.559 bits per heavy atom. The van der Waals surface area contributed by atoms with Gasteiger partial charge in [-0.05, 0) is 32.1 Å². The summed E-state index contributed by atoms with van der Waals surface area (Å²) >= 11 is 0. The molecule has 0 radical (unpaired) electrons. The van der Waals surface area contributed by atoms with Crippen molar-refractivity contribution >= 4 is 8.80 Å². The first-order valence-corrected chi connectivity index (χ1v) is 16.8. The maximum Gasteiger partial charge on any atom is 0.500 e. The van der Waals surface area contributed by atoms with Crippen molar-refractivity contribution < 1.29 is 17.8 Å². The highest BCUT2D eigenvalue weighted by Gasteiger charge is 2.38. The van der Waals surface area contributed by atoms with Gasteiger partial charge in [0.2, 0.25) is 0 Å². The highest BCUT2D eigenvalue weighted by atomic mass is 28.4. The van der Waals surface area contributed by atoms with Gasteiger partial charge in [-0.1, -0.05) is 104 Å². The molecule has 0 aromatic heterocycles. The number of hydrogen-bond donors (Lipinski definition) is 0. The molecule has 0 amide bonds. The summed E-state index contributed by atoms with van der Waals surface area (Å²) in [6.45, 7) is 5.93. The van der Waals surface area contributed by atoms with Crippen LogP contribution in [-0.2, 0) is 13.3 Å². The third-order valence-corrected chi connectivity index (χ3v) is 10.8. The van der Waals surface area contributed by atoms with E-state index in [9.17, 15) is 0 Å². The van der Waals surface area contributed by atoms with Gasteiger partial charge >= 0.3 is 8.80 Å². The van der Waals surface area contributed by atoms with Crippen LogP contribution in [-0.4, -0.2) is 61.3 Å². The molecule has 0 fully saturated rings. The van der Waals surface area contributed by atoms with Crippen molar-refractivity contribution in [2.24, 2.45) is 0 Å². The summed E-state index contributed by atoms with van der Waals surface area (Å²) in [5, 5.41) is 0. The maximum atomic E-state index is 5.59. The Morgan fingerprint density at radius 3 is 1.29 bits per heavy atom. The van der Waals surface area contributed by atoms with Gasteiger partial charge in [-0.25, -0.2) is 0 Å². The molecule has 0 aliphatic heterocycles. The van der Waals surface area contributed by atoms with Crippen molar-refractivity contribution in [3.05, 3.63) is 0 Å². The van der Waals surface area contributed by atoms with Gasteiger partial charge in [-0.15, -0.1) is 0 Å². The molecule has 0 heterocycles. The fraction of sp³-hybridized carbons (Fsp3) is 1.00. The normalized spacial score (nSPS) is 13.5. The van der Waals surface area contributed by atoms with Gasteiger partial charge in [0.1, 0.15) is 0 Å². The van der Waals surface area contributed by atoms with Crippen LogP contribution in [0.4, 0.5) is 0 Å². The van der Waals surface area contributed by atoms with Gasteiger partial charge < -0.3 is 17.8 Å². The third kappa shape index (κ3) is 16.7. The Morgan fingerprint density at radius 2 is 0.941 bits per heavy atom. The fourth-order valence-corrected chi connectivity index (χ4v) is 7.16. The quantitative estimate of drug-likeness (QED) is 0.0672. The molecule has 0 rings (SSSR count). The summed E-state index contributed by atoms with van der Waals surface area (Å²) in [6.07, 6.45) is 26.5. The highest BCUT2D eigenvalue weighted by Crippen LogP contribution is 2.23. The summed E-state index contributed by atoms with van der Waals surface area (Å²) in [4.78, 5) is 0. The molecular weight excluding hydrogens is 438 g/mol. The zero-order valence-electron chi connectivity index (χ0n) is 24.6. The third-order valence-electron chi connectivity index (χ3n) is 8.00. The molecule has 0 aliphatic rings. The van der Waals surface area contributed by atoms with E-state index in [1.54, 1.807) is 21.3 Å². The number of unbranched alkanes of at least 4 members (excludes halogenated alkanes) is 15. The van der Waals surface area contributed by atoms with E-state index < -0.39 is 8.80 Å². The van der Waals surface area contributed by atoms with Crippen molar-refractivity contribution in [2.45, 2.75) is 148 Å². The first kappa shape index (κ1) is 34.1. The highest BCUT2D eigenvalue weighted by molar-refractivity contribution is 6.60. The molecule has 0 saturated heterocycles. The van der Waals surface area contributed by atoms with Crippen LogP contribution in [0.2, 0.25) is 6.04 Å². The fourth-order valence-electron chi connectivity index (χ4n) is 5.41. The molecule has 1 atom stereocenters. The van der Waals surface area contributed by atoms with E-state index in [0.717, 1.165) is 16.9 Å². The summed E-state index contributed by atoms with van der Waals surface area (Å²) in [7, 11) is 7.57. The smallest absolute Gasteiger partial charge is 0.377 e. The van der Waals surface area contributed by atoms with Gasteiger partial charge in [0, 0.05) is 27.4 Å². The summed E-state index contributed by atoms with van der Waals surface area (Å²) < 4.78 is 17.9. The predicted molar refractivity (Wildman–Crippen MR) is 151 cm³/mol. The minimum absolute atomic E-state index is 0.702. The lowest BCUT2D eigenvalue weighted by molar-refractivity contribution is -0.915. The Balaban J connectivity index is 3.74. The van der Waals surface area contributed by atoms with E-state index in [2.05, 4.69) is 27.9 Å². The number of rotatable bonds is 26. The first-order valence-electron chi connectivity index (χ1n) is 14.9. The second-order valence-electron chi connectivity index (χ2n) is 11.1. The summed E-state index contributed by atoms with van der Waals surface area (Å²) in [5.41, 5.74) is 0. The van der Waals surface area contributed by atoms with Crippen LogP contribution in [0.3, 0.4) is 0 Å². The molecule has 1 unspecified atom stereocenters. The number of nitrogens with zero attached hydrogens (tertiary/aromatic N) is 1. The molecular formula is C29H64NO3Si+. The molecule has 0 saturated carbocycles. The lowest BCUT2D eigenvalue weighted by Gasteiger charge is -2.38. The topological polar surface area (TPSA) is 27.7 Å². The minimum atomic E-state index is -2.43. The molecule has 206 valence electrons. The van der Waals surface area contributed by atoms with Gasteiger partial charge in [-0.3, -0.25) is 0 Å². The van der Waals surface area contributed by atoms with Crippen molar-refractivity contribution in [3.8, 4) is 0 Å². The predicted octanol–water partition coefficient (Wildman–Crippen LogP) is 8.76. The average molecular weight is 503 g/mol. The zero-order chi connectivity index (χ0) is 25.5. The van der Waals surface area contributed by atoms with Crippen LogP contribution < -0.4 is 0 Å². The van der Waals surface area contributed by atoms with E-state index in [1.807, 2.05) is 0 Å². The minimum Gasteiger partial charge on any atom is -0.377 e. The van der Waals surface area contributed by atoms with Gasteiger partial charge in [0.05, 0.1) is 26.7 Å². The van der Waals surface area contributed by atoms with Crippen molar-refractivity contribution in [1.29, 1.82) is 0 Å². The van der Waals surface area contributed by atoms with E-state index >= 15 is 0 Å². The second-order valence-corrected chi connectivity index (χ2v) is 14.1. The van der Waals surface area contributed by atoms with Crippen molar-refractivity contribution in [3.63, 3.8) is 0 Å². The van der Waals surface area contributed by atoms with Crippen molar-refractivity contribution in [2.75, 3.05) is 42.0 Å². The molecule has 0 aromatic carbocycles. The van der Waals surface area contributed by atoms with Crippen LogP contribution in [0.1, 0.15) is 136 Å². The van der Waals surface area contributed by atoms with E-state index in [4.69, 9.17) is 13.3 Å². The van der Waals surface area contributed by atoms with E-state index in [-0.39, 0.29) is 0 Å². The number of hydrogen-bond acceptors (Lipinski definition) is 3. The molecule has 4 nitrogen and oxygen atoms in total. The Hall–Kier alpha value is 0.0569. The first-order chi connectivity index (χ1) is 16.4. The monoisotopic (exact) mass is 502 g/mol. The van der Waals surface area contributed by atoms with Gasteiger partial charge in [-0.2, -0.15) is 0 Å². The SMILES string of the molecule is CCCCCCCCCCCCCCCCCC[N+](C)(C)C(CC)CCC[Si](OC)(OC)OC. The van der Waals surface area contributed by atoms with Crippen LogP contribution in [0.5, 0.6) is 0 Å². The second kappa shape index (κ2) is 22.3. The number of quaternary nitrogens is 1. The lowest BCUT2D eigenvalue weighted by atomic mass is 10.0. The Labute approximate surface area is 216 Å². The summed E-state index contributed by atoms with van der Waals surface area (Å²) in [6, 6.07) is 1.61. The maximum absolute atomic E-state index is 5.59. The van der Waals surface area contributed by atoms with Gasteiger partial charge in [0.25, 0.3) is 0 Å². The van der Waals surface area contributed by atoms with E-state index in [1.165, 1.54) is 122 Å². The standard InChI is InChI=1S/C29H64NO3Si/c1-8-10-11-12-13-14-15-16-17-18-19-20-21-22-23-24-27-30(3,4)29(9-2)26-25-28-34(31-5,32-6)33-7/h29H,8-28H2,1-7H3/q+1. The molecule has 0 spiro atoms. The zero-order valence-corrected chi connectivity index (χ0v) is 25.6. The van der Waals surface area contributed by atoms with E-state index in [0.29, 0.717) is 6.04 Å². The van der Waals surface area contributed by atoms with Crippen LogP contribution in [0.25, 0.3) is 0 Å². The average Bonchev–Trinajstić information content (AvgIpc) is 2.84. The molecule has 0 aromatic rings. The van der Waals surface area contributed by atoms with Crippen LogP contribution >= 0.6 is 0 Å². The lowest BCUT2D eigenvalue weighted by Crippen LogP contribution is -2.49. The molecule has 34 heavy (non-hydrogen) atoms. The molecule has 0 bridgehead atoms. The Kier molecular flexibility index (Phi) is 22.3. The Bertz CT molecular complexity index is 421. The van der Waals surface area contributed by atoms with Crippen LogP contribution in [0, 0.1) is 0 Å². The van der Waals surface area contributed by atoms with Crippen LogP contribution in [0.15, 0.2) is 0 Å². The van der Waals surface area contributed by atoms with Crippen molar-refractivity contribution in [1.82, 2.24) is 0 Å². The molecule has 5 heteroatoms. The largest absolute Gasteiger partial charge is 0.500 e. The molecule has 0 aliphatic carbocycles. The molecule has 0 N–H and O–H groups in total.